The summed E-state index contributed by atoms with van der Waals surface area (Å²) in [5, 5.41) is 0. The summed E-state index contributed by atoms with van der Waals surface area (Å²) in [5.41, 5.74) is 4.62. The van der Waals surface area contributed by atoms with E-state index < -0.39 is 0 Å². The van der Waals surface area contributed by atoms with Crippen LogP contribution in [-0.4, -0.2) is 22.0 Å². The SMILES string of the molecule is COc1cncc(-c2ccc(CN3Cc4cccnc4C3)c(F)c2)c1. The van der Waals surface area contributed by atoms with Crippen molar-refractivity contribution in [2.24, 2.45) is 0 Å². The van der Waals surface area contributed by atoms with Crippen molar-refractivity contribution in [2.45, 2.75) is 19.6 Å². The first kappa shape index (κ1) is 15.7. The molecule has 0 bridgehead atoms. The van der Waals surface area contributed by atoms with Gasteiger partial charge in [0.05, 0.1) is 19.0 Å². The average Bonchev–Trinajstić information content (AvgIpc) is 3.06. The van der Waals surface area contributed by atoms with Crippen molar-refractivity contribution < 1.29 is 9.13 Å². The van der Waals surface area contributed by atoms with E-state index in [9.17, 15) is 4.39 Å². The van der Waals surface area contributed by atoms with E-state index in [1.54, 1.807) is 31.8 Å². The number of hydrogen-bond donors (Lipinski definition) is 0. The summed E-state index contributed by atoms with van der Waals surface area (Å²) in [4.78, 5) is 10.7. The van der Waals surface area contributed by atoms with Gasteiger partial charge in [0.25, 0.3) is 0 Å². The zero-order valence-electron chi connectivity index (χ0n) is 13.9. The Balaban J connectivity index is 1.53. The Bertz CT molecular complexity index is 888. The molecule has 3 aromatic rings. The van der Waals surface area contributed by atoms with Crippen LogP contribution >= 0.6 is 0 Å². The molecule has 1 aromatic carbocycles. The number of fused-ring (bicyclic) bond motifs is 1. The van der Waals surface area contributed by atoms with Crippen LogP contribution in [0.25, 0.3) is 11.1 Å². The summed E-state index contributed by atoms with van der Waals surface area (Å²) in [5.74, 6) is 0.452. The zero-order chi connectivity index (χ0) is 17.2. The van der Waals surface area contributed by atoms with E-state index in [0.717, 1.165) is 29.9 Å². The van der Waals surface area contributed by atoms with Gasteiger partial charge in [-0.05, 0) is 29.3 Å². The molecule has 0 unspecified atom stereocenters. The highest BCUT2D eigenvalue weighted by molar-refractivity contribution is 5.64. The molecule has 5 heteroatoms. The minimum atomic E-state index is -0.204. The average molecular weight is 335 g/mol. The highest BCUT2D eigenvalue weighted by Gasteiger charge is 2.20. The Morgan fingerprint density at radius 3 is 2.84 bits per heavy atom. The van der Waals surface area contributed by atoms with Crippen molar-refractivity contribution in [3.8, 4) is 16.9 Å². The molecule has 1 aliphatic heterocycles. The normalized spacial score (nSPS) is 13.7. The summed E-state index contributed by atoms with van der Waals surface area (Å²) < 4.78 is 19.8. The van der Waals surface area contributed by atoms with Gasteiger partial charge in [0, 0.05) is 43.2 Å². The van der Waals surface area contributed by atoms with Crippen LogP contribution in [0, 0.1) is 5.82 Å². The lowest BCUT2D eigenvalue weighted by atomic mass is 10.0. The fourth-order valence-corrected chi connectivity index (χ4v) is 3.16. The van der Waals surface area contributed by atoms with Gasteiger partial charge in [-0.3, -0.25) is 14.9 Å². The number of pyridine rings is 2. The predicted octanol–water partition coefficient (Wildman–Crippen LogP) is 3.81. The van der Waals surface area contributed by atoms with Crippen LogP contribution in [0.5, 0.6) is 5.75 Å². The predicted molar refractivity (Wildman–Crippen MR) is 93.4 cm³/mol. The summed E-state index contributed by atoms with van der Waals surface area (Å²) in [7, 11) is 1.59. The van der Waals surface area contributed by atoms with Gasteiger partial charge in [-0.15, -0.1) is 0 Å². The fraction of sp³-hybridized carbons (Fsp3) is 0.200. The second-order valence-electron chi connectivity index (χ2n) is 6.17. The van der Waals surface area contributed by atoms with Crippen molar-refractivity contribution in [1.29, 1.82) is 0 Å². The zero-order valence-corrected chi connectivity index (χ0v) is 13.9. The van der Waals surface area contributed by atoms with E-state index in [-0.39, 0.29) is 5.82 Å². The summed E-state index contributed by atoms with van der Waals surface area (Å²) in [6.45, 7) is 2.14. The maximum absolute atomic E-state index is 14.6. The van der Waals surface area contributed by atoms with Crippen LogP contribution in [0.3, 0.4) is 0 Å². The maximum Gasteiger partial charge on any atom is 0.137 e. The molecular weight excluding hydrogens is 317 g/mol. The molecule has 0 saturated carbocycles. The number of aromatic nitrogens is 2. The highest BCUT2D eigenvalue weighted by atomic mass is 19.1. The third kappa shape index (κ3) is 3.23. The van der Waals surface area contributed by atoms with Crippen molar-refractivity contribution in [1.82, 2.24) is 14.9 Å². The molecule has 0 N–H and O–H groups in total. The van der Waals surface area contributed by atoms with Gasteiger partial charge in [0.1, 0.15) is 11.6 Å². The van der Waals surface area contributed by atoms with Gasteiger partial charge in [-0.2, -0.15) is 0 Å². The van der Waals surface area contributed by atoms with E-state index in [2.05, 4.69) is 20.9 Å². The first-order valence-corrected chi connectivity index (χ1v) is 8.16. The maximum atomic E-state index is 14.6. The van der Waals surface area contributed by atoms with Crippen LogP contribution in [0.4, 0.5) is 4.39 Å². The fourth-order valence-electron chi connectivity index (χ4n) is 3.16. The van der Waals surface area contributed by atoms with E-state index in [1.807, 2.05) is 24.3 Å². The molecule has 3 heterocycles. The van der Waals surface area contributed by atoms with Gasteiger partial charge in [0.2, 0.25) is 0 Å². The molecule has 4 rings (SSSR count). The Morgan fingerprint density at radius 1 is 1.12 bits per heavy atom. The molecule has 25 heavy (non-hydrogen) atoms. The summed E-state index contributed by atoms with van der Waals surface area (Å²) >= 11 is 0. The molecule has 126 valence electrons. The lowest BCUT2D eigenvalue weighted by Crippen LogP contribution is -2.16. The smallest absolute Gasteiger partial charge is 0.137 e. The molecule has 4 nitrogen and oxygen atoms in total. The first-order chi connectivity index (χ1) is 12.2. The molecule has 0 spiro atoms. The quantitative estimate of drug-likeness (QED) is 0.727. The molecule has 0 radical (unpaired) electrons. The van der Waals surface area contributed by atoms with Gasteiger partial charge in [0.15, 0.2) is 0 Å². The number of halogens is 1. The Hall–Kier alpha value is -2.79. The Labute approximate surface area is 145 Å². The van der Waals surface area contributed by atoms with Crippen LogP contribution < -0.4 is 4.74 Å². The number of methoxy groups -OCH3 is 1. The molecule has 0 saturated heterocycles. The lowest BCUT2D eigenvalue weighted by molar-refractivity contribution is 0.270. The molecular formula is C20H18FN3O. The molecule has 1 aliphatic rings. The van der Waals surface area contributed by atoms with Gasteiger partial charge in [-0.1, -0.05) is 18.2 Å². The standard InChI is InChI=1S/C20H18FN3O/c1-25-18-7-17(9-22-10-18)14-4-5-15(19(21)8-14)11-24-12-16-3-2-6-23-20(16)13-24/h2-10H,11-13H2,1H3. The van der Waals surface area contributed by atoms with Gasteiger partial charge < -0.3 is 4.74 Å². The van der Waals surface area contributed by atoms with E-state index in [1.165, 1.54) is 5.56 Å². The van der Waals surface area contributed by atoms with Crippen molar-refractivity contribution >= 4 is 0 Å². The number of rotatable bonds is 4. The van der Waals surface area contributed by atoms with Crippen molar-refractivity contribution in [3.63, 3.8) is 0 Å². The van der Waals surface area contributed by atoms with E-state index in [4.69, 9.17) is 4.74 Å². The van der Waals surface area contributed by atoms with E-state index in [0.29, 0.717) is 17.9 Å². The number of hydrogen-bond acceptors (Lipinski definition) is 4. The first-order valence-electron chi connectivity index (χ1n) is 8.16. The molecule has 0 amide bonds. The third-order valence-electron chi connectivity index (χ3n) is 4.48. The topological polar surface area (TPSA) is 38.2 Å². The molecule has 0 fully saturated rings. The van der Waals surface area contributed by atoms with Gasteiger partial charge in [-0.25, -0.2) is 4.39 Å². The minimum Gasteiger partial charge on any atom is -0.495 e. The number of nitrogens with zero attached hydrogens (tertiary/aromatic N) is 3. The largest absolute Gasteiger partial charge is 0.495 e. The summed E-state index contributed by atoms with van der Waals surface area (Å²) in [6.07, 6.45) is 5.15. The van der Waals surface area contributed by atoms with Crippen LogP contribution in [0.15, 0.2) is 55.0 Å². The third-order valence-corrected chi connectivity index (χ3v) is 4.48. The highest BCUT2D eigenvalue weighted by Crippen LogP contribution is 2.27. The van der Waals surface area contributed by atoms with Crippen LogP contribution in [-0.2, 0) is 19.6 Å². The van der Waals surface area contributed by atoms with Crippen LogP contribution in [0.2, 0.25) is 0 Å². The summed E-state index contributed by atoms with van der Waals surface area (Å²) in [6, 6.07) is 11.2. The second kappa shape index (κ2) is 6.61. The number of ether oxygens (including phenoxy) is 1. The molecule has 2 aromatic heterocycles. The van der Waals surface area contributed by atoms with E-state index >= 15 is 0 Å². The van der Waals surface area contributed by atoms with Crippen molar-refractivity contribution in [3.05, 3.63) is 77.6 Å². The molecule has 0 aliphatic carbocycles. The minimum absolute atomic E-state index is 0.204. The van der Waals surface area contributed by atoms with Crippen LogP contribution in [0.1, 0.15) is 16.8 Å². The Morgan fingerprint density at radius 2 is 2.04 bits per heavy atom. The Kier molecular flexibility index (Phi) is 4.15. The van der Waals surface area contributed by atoms with Crippen molar-refractivity contribution in [2.75, 3.05) is 7.11 Å². The molecule has 0 atom stereocenters. The monoisotopic (exact) mass is 335 g/mol. The van der Waals surface area contributed by atoms with Gasteiger partial charge >= 0.3 is 0 Å². The second-order valence-corrected chi connectivity index (χ2v) is 6.17. The lowest BCUT2D eigenvalue weighted by Gasteiger charge is -2.15. The number of benzene rings is 1.